The van der Waals surface area contributed by atoms with Gasteiger partial charge in [0, 0.05) is 52.1 Å². The smallest absolute Gasteiger partial charge is 0.246 e. The third kappa shape index (κ3) is 7.85. The maximum Gasteiger partial charge on any atom is 0.246 e. The van der Waals surface area contributed by atoms with Crippen LogP contribution in [-0.2, 0) is 33.8 Å². The number of halogens is 4. The van der Waals surface area contributed by atoms with E-state index in [0.29, 0.717) is 39.5 Å². The molecule has 2 aromatic carbocycles. The summed E-state index contributed by atoms with van der Waals surface area (Å²) in [6, 6.07) is 13.0. The molecule has 0 saturated carbocycles. The number of benzene rings is 2. The molecular weight excluding hydrogens is 582 g/mol. The van der Waals surface area contributed by atoms with E-state index in [9.17, 15) is 14.4 Å². The second kappa shape index (κ2) is 13.5. The van der Waals surface area contributed by atoms with E-state index in [1.165, 1.54) is 9.80 Å². The summed E-state index contributed by atoms with van der Waals surface area (Å²) in [7, 11) is 0. The zero-order chi connectivity index (χ0) is 27.9. The Morgan fingerprint density at radius 1 is 0.897 bits per heavy atom. The van der Waals surface area contributed by atoms with Gasteiger partial charge in [-0.05, 0) is 65.9 Å². The van der Waals surface area contributed by atoms with Gasteiger partial charge in [0.2, 0.25) is 17.7 Å². The lowest BCUT2D eigenvalue weighted by atomic mass is 10.0. The third-order valence-electron chi connectivity index (χ3n) is 6.50. The number of hydrogen-bond acceptors (Lipinski definition) is 4. The predicted octanol–water partition coefficient (Wildman–Crippen LogP) is 5.23. The minimum Gasteiger partial charge on any atom is -0.356 e. The molecule has 1 aliphatic rings. The third-order valence-corrected chi connectivity index (χ3v) is 7.67. The van der Waals surface area contributed by atoms with Gasteiger partial charge in [-0.1, -0.05) is 58.5 Å². The molecule has 0 spiro atoms. The first kappa shape index (κ1) is 29.2. The van der Waals surface area contributed by atoms with Crippen molar-refractivity contribution in [2.75, 3.05) is 19.6 Å². The number of piperazine rings is 1. The molecular formula is C28H26Cl4N4O3. The number of rotatable bonds is 10. The number of hydrogen-bond donors (Lipinski definition) is 1. The fourth-order valence-corrected chi connectivity index (χ4v) is 5.41. The lowest BCUT2D eigenvalue weighted by Gasteiger charge is -2.40. The Morgan fingerprint density at radius 3 is 2.13 bits per heavy atom. The van der Waals surface area contributed by atoms with Gasteiger partial charge in [0.1, 0.15) is 6.04 Å². The molecule has 1 unspecified atom stereocenters. The van der Waals surface area contributed by atoms with Crippen LogP contribution in [0.1, 0.15) is 23.1 Å². The Bertz CT molecular complexity index is 1360. The summed E-state index contributed by atoms with van der Waals surface area (Å²) in [5.41, 5.74) is 2.47. The molecule has 39 heavy (non-hydrogen) atoms. The van der Waals surface area contributed by atoms with Gasteiger partial charge in [-0.3, -0.25) is 19.4 Å². The fourth-order valence-electron chi connectivity index (χ4n) is 4.41. The predicted molar refractivity (Wildman–Crippen MR) is 153 cm³/mol. The van der Waals surface area contributed by atoms with Crippen LogP contribution in [0.2, 0.25) is 20.1 Å². The maximum absolute atomic E-state index is 13.6. The highest BCUT2D eigenvalue weighted by atomic mass is 35.5. The first-order chi connectivity index (χ1) is 18.7. The van der Waals surface area contributed by atoms with Crippen LogP contribution in [0, 0.1) is 0 Å². The fraction of sp³-hybridized carbons (Fsp3) is 0.286. The van der Waals surface area contributed by atoms with Gasteiger partial charge in [-0.25, -0.2) is 0 Å². The summed E-state index contributed by atoms with van der Waals surface area (Å²) >= 11 is 24.5. The van der Waals surface area contributed by atoms with E-state index in [0.717, 1.165) is 16.7 Å². The van der Waals surface area contributed by atoms with Crippen molar-refractivity contribution >= 4 is 64.1 Å². The second-order valence-electron chi connectivity index (χ2n) is 9.18. The molecule has 204 valence electrons. The first-order valence-electron chi connectivity index (χ1n) is 12.3. The Morgan fingerprint density at radius 2 is 1.51 bits per heavy atom. The lowest BCUT2D eigenvalue weighted by Crippen LogP contribution is -2.60. The topological polar surface area (TPSA) is 82.6 Å². The first-order valence-corrected chi connectivity index (χ1v) is 13.8. The molecule has 4 rings (SSSR count). The Kier molecular flexibility index (Phi) is 10.1. The van der Waals surface area contributed by atoms with Crippen LogP contribution in [0.3, 0.4) is 0 Å². The van der Waals surface area contributed by atoms with Gasteiger partial charge in [-0.2, -0.15) is 0 Å². The molecule has 0 aliphatic carbocycles. The molecule has 11 heteroatoms. The Hall–Kier alpha value is -2.84. The van der Waals surface area contributed by atoms with Crippen molar-refractivity contribution in [3.8, 4) is 0 Å². The van der Waals surface area contributed by atoms with E-state index in [1.54, 1.807) is 60.9 Å². The van der Waals surface area contributed by atoms with Gasteiger partial charge in [0.25, 0.3) is 0 Å². The lowest BCUT2D eigenvalue weighted by molar-refractivity contribution is -0.157. The summed E-state index contributed by atoms with van der Waals surface area (Å²) in [6.45, 7) is 0.713. The zero-order valence-electron chi connectivity index (χ0n) is 20.9. The molecule has 1 fully saturated rings. The summed E-state index contributed by atoms with van der Waals surface area (Å²) in [4.78, 5) is 46.8. The minimum absolute atomic E-state index is 0.0810. The van der Waals surface area contributed by atoms with E-state index < -0.39 is 6.04 Å². The van der Waals surface area contributed by atoms with Crippen LogP contribution in [0.5, 0.6) is 0 Å². The van der Waals surface area contributed by atoms with Crippen molar-refractivity contribution in [3.63, 3.8) is 0 Å². The van der Waals surface area contributed by atoms with E-state index in [2.05, 4.69) is 10.3 Å². The minimum atomic E-state index is -0.945. The Labute approximate surface area is 247 Å². The molecule has 1 saturated heterocycles. The average molecular weight is 608 g/mol. The second-order valence-corrected chi connectivity index (χ2v) is 10.9. The number of carbonyl (C=O) groups is 3. The molecule has 1 N–H and O–H groups in total. The number of nitrogens with one attached hydrogen (secondary N) is 1. The molecule has 1 aliphatic heterocycles. The number of pyridine rings is 1. The van der Waals surface area contributed by atoms with Gasteiger partial charge < -0.3 is 15.1 Å². The van der Waals surface area contributed by atoms with Gasteiger partial charge in [-0.15, -0.1) is 0 Å². The van der Waals surface area contributed by atoms with E-state index in [4.69, 9.17) is 46.4 Å². The number of nitrogens with zero attached hydrogens (tertiary/aromatic N) is 3. The van der Waals surface area contributed by atoms with Crippen molar-refractivity contribution < 1.29 is 14.4 Å². The zero-order valence-corrected chi connectivity index (χ0v) is 23.9. The Balaban J connectivity index is 1.44. The molecule has 7 nitrogen and oxygen atoms in total. The molecule has 1 aromatic heterocycles. The molecule has 3 amide bonds. The van der Waals surface area contributed by atoms with Crippen LogP contribution in [-0.4, -0.2) is 58.2 Å². The highest BCUT2D eigenvalue weighted by molar-refractivity contribution is 6.35. The van der Waals surface area contributed by atoms with Crippen molar-refractivity contribution in [1.82, 2.24) is 20.1 Å². The van der Waals surface area contributed by atoms with Crippen molar-refractivity contribution in [2.24, 2.45) is 0 Å². The largest absolute Gasteiger partial charge is 0.356 e. The molecule has 2 heterocycles. The normalized spacial score (nSPS) is 15.5. The molecule has 3 aromatic rings. The van der Waals surface area contributed by atoms with Crippen molar-refractivity contribution in [1.29, 1.82) is 0 Å². The van der Waals surface area contributed by atoms with Gasteiger partial charge >= 0.3 is 0 Å². The molecule has 0 bridgehead atoms. The standard InChI is InChI=1S/C28H26Cl4N4O3/c29-21-3-1-19(23(31)13-21)7-11-34-26(37)15-25-28(39)35(12-8-20-2-4-22(30)14-24(20)32)17-27(38)36(25)16-18-5-9-33-10-6-18/h1-6,9-10,13-14,25H,7-8,11-12,15-17H2,(H,34,37). The summed E-state index contributed by atoms with van der Waals surface area (Å²) in [5, 5.41) is 4.91. The van der Waals surface area contributed by atoms with Gasteiger partial charge in [0.15, 0.2) is 0 Å². The monoisotopic (exact) mass is 606 g/mol. The van der Waals surface area contributed by atoms with Crippen LogP contribution >= 0.6 is 46.4 Å². The van der Waals surface area contributed by atoms with Crippen LogP contribution in [0.4, 0.5) is 0 Å². The number of carbonyl (C=O) groups excluding carboxylic acids is 3. The van der Waals surface area contributed by atoms with Gasteiger partial charge in [0.05, 0.1) is 13.0 Å². The summed E-state index contributed by atoms with van der Waals surface area (Å²) < 4.78 is 0. The maximum atomic E-state index is 13.6. The molecule has 1 atom stereocenters. The highest BCUT2D eigenvalue weighted by Gasteiger charge is 2.40. The number of aromatic nitrogens is 1. The van der Waals surface area contributed by atoms with Crippen LogP contribution < -0.4 is 5.32 Å². The highest BCUT2D eigenvalue weighted by Crippen LogP contribution is 2.24. The quantitative estimate of drug-likeness (QED) is 0.342. The van der Waals surface area contributed by atoms with E-state index in [1.807, 2.05) is 0 Å². The van der Waals surface area contributed by atoms with E-state index >= 15 is 0 Å². The molecule has 0 radical (unpaired) electrons. The summed E-state index contributed by atoms with van der Waals surface area (Å²) in [6.07, 6.45) is 4.02. The van der Waals surface area contributed by atoms with E-state index in [-0.39, 0.29) is 43.8 Å². The van der Waals surface area contributed by atoms with Crippen LogP contribution in [0.15, 0.2) is 60.9 Å². The summed E-state index contributed by atoms with van der Waals surface area (Å²) in [5.74, 6) is -0.863. The number of amides is 3. The van der Waals surface area contributed by atoms with Crippen molar-refractivity contribution in [3.05, 3.63) is 97.7 Å². The van der Waals surface area contributed by atoms with Crippen LogP contribution in [0.25, 0.3) is 0 Å². The van der Waals surface area contributed by atoms with Crippen molar-refractivity contribution in [2.45, 2.75) is 31.8 Å². The average Bonchev–Trinajstić information content (AvgIpc) is 2.90. The SMILES string of the molecule is O=C(CC1C(=O)N(CCc2ccc(Cl)cc2Cl)CC(=O)N1Cc1ccncc1)NCCc1ccc(Cl)cc1Cl.